The number of cyclic esters (lactones) is 1. The number of benzene rings is 2. The van der Waals surface area contributed by atoms with E-state index in [1.54, 1.807) is 23.6 Å². The first-order chi connectivity index (χ1) is 20.1. The van der Waals surface area contributed by atoms with Gasteiger partial charge in [0, 0.05) is 29.6 Å². The van der Waals surface area contributed by atoms with E-state index in [-0.39, 0.29) is 37.5 Å². The number of anilines is 2. The largest absolute Gasteiger partial charge is 0.447 e. The summed E-state index contributed by atoms with van der Waals surface area (Å²) in [7, 11) is 0. The smallest absolute Gasteiger partial charge is 0.414 e. The third-order valence-electron chi connectivity index (χ3n) is 9.51. The molecule has 42 heavy (non-hydrogen) atoms. The number of rotatable bonds is 7. The summed E-state index contributed by atoms with van der Waals surface area (Å²) in [5, 5.41) is 21.2. The van der Waals surface area contributed by atoms with Crippen LogP contribution >= 0.6 is 0 Å². The Hall–Kier alpha value is -3.47. The fraction of sp³-hybridized carbons (Fsp3) is 0.531. The number of fused-ring (bicyclic) bond motifs is 2. The van der Waals surface area contributed by atoms with Crippen molar-refractivity contribution in [1.29, 1.82) is 0 Å². The highest BCUT2D eigenvalue weighted by molar-refractivity contribution is 6.08. The van der Waals surface area contributed by atoms with E-state index in [1.807, 2.05) is 55.5 Å². The number of amides is 3. The molecule has 0 aliphatic carbocycles. The molecule has 0 aromatic heterocycles. The molecule has 3 fully saturated rings. The summed E-state index contributed by atoms with van der Waals surface area (Å²) >= 11 is 0. The molecule has 4 heterocycles. The third kappa shape index (κ3) is 4.56. The Kier molecular flexibility index (Phi) is 7.27. The summed E-state index contributed by atoms with van der Waals surface area (Å²) in [6.07, 6.45) is 0.347. The predicted octanol–water partition coefficient (Wildman–Crippen LogP) is 3.18. The van der Waals surface area contributed by atoms with Crippen LogP contribution in [0, 0.1) is 11.8 Å². The molecule has 4 aliphatic rings. The van der Waals surface area contributed by atoms with Crippen LogP contribution in [0.3, 0.4) is 0 Å². The maximum absolute atomic E-state index is 14.6. The van der Waals surface area contributed by atoms with Crippen molar-refractivity contribution in [2.24, 2.45) is 11.8 Å². The molecule has 4 aliphatic heterocycles. The lowest BCUT2D eigenvalue weighted by atomic mass is 9.70. The van der Waals surface area contributed by atoms with Crippen LogP contribution in [0.1, 0.15) is 51.2 Å². The van der Waals surface area contributed by atoms with Crippen LogP contribution < -0.4 is 9.80 Å². The molecular weight excluding hydrogens is 538 g/mol. The van der Waals surface area contributed by atoms with Crippen LogP contribution in [-0.4, -0.2) is 77.1 Å². The van der Waals surface area contributed by atoms with Crippen molar-refractivity contribution >= 4 is 29.3 Å². The fourth-order valence-corrected chi connectivity index (χ4v) is 7.63. The first-order valence-corrected chi connectivity index (χ1v) is 14.8. The van der Waals surface area contributed by atoms with Gasteiger partial charge in [0.15, 0.2) is 5.60 Å². The second-order valence-corrected chi connectivity index (χ2v) is 12.5. The van der Waals surface area contributed by atoms with Crippen LogP contribution in [0.5, 0.6) is 0 Å². The van der Waals surface area contributed by atoms with Crippen molar-refractivity contribution in [2.45, 2.75) is 69.9 Å². The van der Waals surface area contributed by atoms with Gasteiger partial charge in [-0.1, -0.05) is 37.3 Å². The van der Waals surface area contributed by atoms with E-state index in [1.165, 1.54) is 4.90 Å². The van der Waals surface area contributed by atoms with Crippen molar-refractivity contribution in [1.82, 2.24) is 4.90 Å². The minimum Gasteiger partial charge on any atom is -0.447 e. The lowest BCUT2D eigenvalue weighted by Crippen LogP contribution is -2.46. The van der Waals surface area contributed by atoms with Crippen molar-refractivity contribution in [3.63, 3.8) is 0 Å². The standard InChI is InChI=1S/C32H39N3O7/c1-20-28(31(2,3)40)26(17-27(37)33-13-7-10-23(33)19-36)42-32(20)24-16-22(34-14-15-41-30(34)39)11-12-25(24)35(29(32)38)18-21-8-5-4-6-9-21/h4-6,8-9,11-12,16,20,23,26,28,36,40H,7,10,13-15,17-19H2,1-3H3/t20-,23-,26+,28-,32+/m0/s1. The summed E-state index contributed by atoms with van der Waals surface area (Å²) in [5.74, 6) is -1.47. The molecule has 2 N–H and O–H groups in total. The van der Waals surface area contributed by atoms with Gasteiger partial charge in [-0.05, 0) is 50.5 Å². The quantitative estimate of drug-likeness (QED) is 0.519. The molecule has 3 saturated heterocycles. The van der Waals surface area contributed by atoms with Crippen molar-refractivity contribution in [3.05, 3.63) is 59.7 Å². The van der Waals surface area contributed by atoms with E-state index in [9.17, 15) is 24.6 Å². The number of ether oxygens (including phenoxy) is 2. The lowest BCUT2D eigenvalue weighted by molar-refractivity contribution is -0.150. The average molecular weight is 578 g/mol. The van der Waals surface area contributed by atoms with Gasteiger partial charge in [-0.2, -0.15) is 0 Å². The summed E-state index contributed by atoms with van der Waals surface area (Å²) in [6.45, 7) is 6.75. The van der Waals surface area contributed by atoms with Gasteiger partial charge >= 0.3 is 6.09 Å². The Morgan fingerprint density at radius 3 is 2.55 bits per heavy atom. The van der Waals surface area contributed by atoms with E-state index in [0.717, 1.165) is 18.4 Å². The number of hydrogen-bond acceptors (Lipinski definition) is 7. The van der Waals surface area contributed by atoms with Gasteiger partial charge in [-0.25, -0.2) is 4.79 Å². The van der Waals surface area contributed by atoms with Crippen molar-refractivity contribution in [3.8, 4) is 0 Å². The number of aliphatic hydroxyl groups is 2. The first-order valence-electron chi connectivity index (χ1n) is 14.8. The number of carbonyl (C=O) groups is 3. The molecule has 1 spiro atoms. The molecule has 10 nitrogen and oxygen atoms in total. The van der Waals surface area contributed by atoms with E-state index in [2.05, 4.69) is 0 Å². The second kappa shape index (κ2) is 10.7. The van der Waals surface area contributed by atoms with E-state index in [4.69, 9.17) is 9.47 Å². The van der Waals surface area contributed by atoms with Crippen molar-refractivity contribution < 1.29 is 34.1 Å². The Morgan fingerprint density at radius 1 is 1.12 bits per heavy atom. The lowest BCUT2D eigenvalue weighted by Gasteiger charge is -2.34. The van der Waals surface area contributed by atoms with Gasteiger partial charge in [0.25, 0.3) is 5.91 Å². The zero-order valence-electron chi connectivity index (χ0n) is 24.4. The molecule has 10 heteroatoms. The topological polar surface area (TPSA) is 120 Å². The van der Waals surface area contributed by atoms with Gasteiger partial charge < -0.3 is 29.5 Å². The Morgan fingerprint density at radius 2 is 1.88 bits per heavy atom. The van der Waals surface area contributed by atoms with E-state index >= 15 is 0 Å². The van der Waals surface area contributed by atoms with E-state index in [0.29, 0.717) is 36.6 Å². The molecule has 0 bridgehead atoms. The van der Waals surface area contributed by atoms with Crippen molar-refractivity contribution in [2.75, 3.05) is 36.1 Å². The van der Waals surface area contributed by atoms with Crippen LogP contribution in [0.25, 0.3) is 0 Å². The second-order valence-electron chi connectivity index (χ2n) is 12.5. The highest BCUT2D eigenvalue weighted by Gasteiger charge is 2.66. The number of nitrogens with zero attached hydrogens (tertiary/aromatic N) is 3. The minimum absolute atomic E-state index is 0.0172. The molecule has 0 saturated carbocycles. The Bertz CT molecular complexity index is 1380. The summed E-state index contributed by atoms with van der Waals surface area (Å²) < 4.78 is 12.0. The molecule has 6 rings (SSSR count). The van der Waals surface area contributed by atoms with Gasteiger partial charge in [-0.3, -0.25) is 14.5 Å². The zero-order chi connectivity index (χ0) is 29.8. The molecule has 2 aromatic carbocycles. The molecule has 224 valence electrons. The zero-order valence-corrected chi connectivity index (χ0v) is 24.4. The average Bonchev–Trinajstić information content (AvgIpc) is 3.72. The predicted molar refractivity (Wildman–Crippen MR) is 155 cm³/mol. The van der Waals surface area contributed by atoms with Gasteiger partial charge in [0.05, 0.1) is 49.6 Å². The number of carbonyl (C=O) groups excluding carboxylic acids is 3. The van der Waals surface area contributed by atoms with Crippen LogP contribution in [0.4, 0.5) is 16.2 Å². The van der Waals surface area contributed by atoms with Gasteiger partial charge in [0.1, 0.15) is 6.61 Å². The van der Waals surface area contributed by atoms with Gasteiger partial charge in [0.2, 0.25) is 5.91 Å². The number of aliphatic hydroxyl groups excluding tert-OH is 1. The monoisotopic (exact) mass is 577 g/mol. The van der Waals surface area contributed by atoms with Gasteiger partial charge in [-0.15, -0.1) is 0 Å². The molecule has 3 amide bonds. The van der Waals surface area contributed by atoms with E-state index < -0.39 is 35.2 Å². The Balaban J connectivity index is 1.43. The first kappa shape index (κ1) is 28.6. The molecule has 5 atom stereocenters. The molecule has 0 radical (unpaired) electrons. The third-order valence-corrected chi connectivity index (χ3v) is 9.51. The Labute approximate surface area is 245 Å². The molecule has 0 unspecified atom stereocenters. The highest BCUT2D eigenvalue weighted by Crippen LogP contribution is 2.58. The SMILES string of the molecule is C[C@H]1[C@H](C(C)(C)O)[C@@H](CC(=O)N2CCC[C@H]2CO)O[C@]12C(=O)N(Cc1ccccc1)c1ccc(N3CCOC3=O)cc12. The summed E-state index contributed by atoms with van der Waals surface area (Å²) in [6, 6.07) is 14.9. The van der Waals surface area contributed by atoms with Crippen LogP contribution in [0.15, 0.2) is 48.5 Å². The fourth-order valence-electron chi connectivity index (χ4n) is 7.63. The maximum atomic E-state index is 14.6. The summed E-state index contributed by atoms with van der Waals surface area (Å²) in [5.41, 5.74) is 0.101. The molecular formula is C32H39N3O7. The normalized spacial score (nSPS) is 29.1. The number of likely N-dealkylation sites (tertiary alicyclic amines) is 1. The summed E-state index contributed by atoms with van der Waals surface area (Å²) in [4.78, 5) is 45.6. The molecule has 2 aromatic rings. The minimum atomic E-state index is -1.47. The van der Waals surface area contributed by atoms with Crippen LogP contribution in [-0.2, 0) is 31.2 Å². The van der Waals surface area contributed by atoms with Crippen LogP contribution in [0.2, 0.25) is 0 Å². The highest BCUT2D eigenvalue weighted by atomic mass is 16.6. The number of hydrogen-bond donors (Lipinski definition) is 2. The maximum Gasteiger partial charge on any atom is 0.414 e.